The summed E-state index contributed by atoms with van der Waals surface area (Å²) in [6.07, 6.45) is 4.94. The Hall–Kier alpha value is -0.220. The number of aliphatic imine (C=N–C) groups is 1. The van der Waals surface area contributed by atoms with Crippen LogP contribution in [0.1, 0.15) is 32.6 Å². The third-order valence-corrected chi connectivity index (χ3v) is 4.44. The van der Waals surface area contributed by atoms with Crippen molar-refractivity contribution in [3.05, 3.63) is 0 Å². The highest BCUT2D eigenvalue weighted by molar-refractivity contribution is 8.13. The molecule has 0 amide bonds. The van der Waals surface area contributed by atoms with Crippen LogP contribution in [0.3, 0.4) is 0 Å². The number of rotatable bonds is 2. The van der Waals surface area contributed by atoms with Crippen molar-refractivity contribution in [2.45, 2.75) is 44.7 Å². The minimum atomic E-state index is 0.565. The summed E-state index contributed by atoms with van der Waals surface area (Å²) >= 11 is 1.90. The van der Waals surface area contributed by atoms with Crippen molar-refractivity contribution in [3.8, 4) is 0 Å². The molecule has 92 valence electrons. The fraction of sp³-hybridized carbons (Fsp3) is 0.917. The van der Waals surface area contributed by atoms with E-state index >= 15 is 0 Å². The van der Waals surface area contributed by atoms with Crippen molar-refractivity contribution in [2.24, 2.45) is 4.99 Å². The summed E-state index contributed by atoms with van der Waals surface area (Å²) in [5.74, 6) is 1.23. The van der Waals surface area contributed by atoms with Gasteiger partial charge >= 0.3 is 0 Å². The normalized spacial score (nSPS) is 28.9. The van der Waals surface area contributed by atoms with Crippen LogP contribution in [0.4, 0.5) is 0 Å². The molecule has 1 unspecified atom stereocenters. The molecule has 3 nitrogen and oxygen atoms in total. The molecule has 0 saturated carbocycles. The molecule has 0 aromatic carbocycles. The van der Waals surface area contributed by atoms with Crippen LogP contribution in [0.2, 0.25) is 0 Å². The number of hydrogen-bond acceptors (Lipinski definition) is 4. The van der Waals surface area contributed by atoms with Gasteiger partial charge in [0.15, 0.2) is 5.17 Å². The van der Waals surface area contributed by atoms with Crippen molar-refractivity contribution >= 4 is 16.9 Å². The maximum absolute atomic E-state index is 4.77. The second kappa shape index (κ2) is 5.92. The van der Waals surface area contributed by atoms with Crippen LogP contribution in [-0.2, 0) is 0 Å². The molecule has 16 heavy (non-hydrogen) atoms. The Morgan fingerprint density at radius 2 is 2.12 bits per heavy atom. The minimum Gasteiger partial charge on any atom is -0.362 e. The predicted molar refractivity (Wildman–Crippen MR) is 72.2 cm³/mol. The lowest BCUT2D eigenvalue weighted by Gasteiger charge is -2.31. The molecule has 1 atom stereocenters. The molecule has 2 rings (SSSR count). The van der Waals surface area contributed by atoms with Gasteiger partial charge in [0.2, 0.25) is 0 Å². The Morgan fingerprint density at radius 3 is 2.81 bits per heavy atom. The van der Waals surface area contributed by atoms with E-state index in [1.807, 2.05) is 11.8 Å². The zero-order valence-electron chi connectivity index (χ0n) is 10.4. The van der Waals surface area contributed by atoms with Crippen LogP contribution in [0.25, 0.3) is 0 Å². The lowest BCUT2D eigenvalue weighted by molar-refractivity contribution is 0.247. The van der Waals surface area contributed by atoms with Crippen LogP contribution in [0.5, 0.6) is 0 Å². The Morgan fingerprint density at radius 1 is 1.38 bits per heavy atom. The van der Waals surface area contributed by atoms with Gasteiger partial charge in [-0.3, -0.25) is 4.99 Å². The summed E-state index contributed by atoms with van der Waals surface area (Å²) in [5.41, 5.74) is 0. The Labute approximate surface area is 103 Å². The van der Waals surface area contributed by atoms with Crippen LogP contribution in [-0.4, -0.2) is 48.0 Å². The van der Waals surface area contributed by atoms with Crippen LogP contribution in [0, 0.1) is 0 Å². The van der Waals surface area contributed by atoms with Gasteiger partial charge in [-0.15, -0.1) is 0 Å². The predicted octanol–water partition coefficient (Wildman–Crippen LogP) is 1.94. The molecule has 0 aliphatic carbocycles. The van der Waals surface area contributed by atoms with Crippen LogP contribution < -0.4 is 5.32 Å². The molecule has 1 N–H and O–H groups in total. The maximum atomic E-state index is 4.77. The fourth-order valence-corrected chi connectivity index (χ4v) is 3.32. The highest BCUT2D eigenvalue weighted by atomic mass is 32.2. The third-order valence-electron chi connectivity index (χ3n) is 3.51. The largest absolute Gasteiger partial charge is 0.362 e. The second-order valence-electron chi connectivity index (χ2n) is 4.86. The number of thioether (sulfide) groups is 1. The van der Waals surface area contributed by atoms with E-state index in [4.69, 9.17) is 4.99 Å². The molecule has 0 bridgehead atoms. The van der Waals surface area contributed by atoms with E-state index in [0.29, 0.717) is 12.1 Å². The zero-order valence-corrected chi connectivity index (χ0v) is 11.2. The smallest absolute Gasteiger partial charge is 0.157 e. The molecule has 0 radical (unpaired) electrons. The topological polar surface area (TPSA) is 27.6 Å². The number of nitrogens with one attached hydrogen (secondary N) is 1. The highest BCUT2D eigenvalue weighted by Crippen LogP contribution is 2.19. The molecule has 2 aliphatic rings. The van der Waals surface area contributed by atoms with Gasteiger partial charge < -0.3 is 10.2 Å². The monoisotopic (exact) mass is 241 g/mol. The van der Waals surface area contributed by atoms with E-state index in [1.165, 1.54) is 49.7 Å². The molecule has 2 heterocycles. The van der Waals surface area contributed by atoms with Gasteiger partial charge in [-0.1, -0.05) is 18.7 Å². The molecule has 1 saturated heterocycles. The lowest BCUT2D eigenvalue weighted by Crippen LogP contribution is -2.43. The maximum Gasteiger partial charge on any atom is 0.157 e. The lowest BCUT2D eigenvalue weighted by atomic mass is 10.1. The standard InChI is InChI=1S/C12H23N3S/c1-3-10-6-9-16-12(13-10)14-11-4-7-15(2)8-5-11/h10-11H,3-9H2,1-2H3,(H,13,14). The molecular formula is C12H23N3S. The fourth-order valence-electron chi connectivity index (χ4n) is 2.26. The van der Waals surface area contributed by atoms with Gasteiger partial charge in [0, 0.05) is 11.8 Å². The zero-order chi connectivity index (χ0) is 11.4. The first-order valence-electron chi connectivity index (χ1n) is 6.43. The van der Waals surface area contributed by atoms with E-state index in [1.54, 1.807) is 0 Å². The van der Waals surface area contributed by atoms with Gasteiger partial charge in [0.25, 0.3) is 0 Å². The number of piperidine rings is 1. The Bertz CT molecular complexity index is 247. The molecule has 4 heteroatoms. The van der Waals surface area contributed by atoms with E-state index < -0.39 is 0 Å². The summed E-state index contributed by atoms with van der Waals surface area (Å²) < 4.78 is 0. The van der Waals surface area contributed by atoms with Gasteiger partial charge in [-0.05, 0) is 45.8 Å². The molecular weight excluding hydrogens is 218 g/mol. The number of hydrogen-bond donors (Lipinski definition) is 1. The number of amidine groups is 1. The molecule has 2 aliphatic heterocycles. The average Bonchev–Trinajstić information content (AvgIpc) is 2.32. The first-order valence-corrected chi connectivity index (χ1v) is 7.42. The van der Waals surface area contributed by atoms with Crippen molar-refractivity contribution < 1.29 is 0 Å². The third kappa shape index (κ3) is 3.39. The first-order chi connectivity index (χ1) is 7.78. The van der Waals surface area contributed by atoms with E-state index in [0.717, 1.165) is 0 Å². The van der Waals surface area contributed by atoms with Crippen molar-refractivity contribution in [2.75, 3.05) is 25.9 Å². The average molecular weight is 241 g/mol. The van der Waals surface area contributed by atoms with Gasteiger partial charge in [0.05, 0.1) is 6.04 Å². The Balaban J connectivity index is 1.82. The SMILES string of the molecule is CCC1CCSC(NC2CCN(C)CC2)=N1. The number of nitrogens with zero attached hydrogens (tertiary/aromatic N) is 2. The summed E-state index contributed by atoms with van der Waals surface area (Å²) in [6, 6.07) is 1.22. The van der Waals surface area contributed by atoms with Crippen molar-refractivity contribution in [1.82, 2.24) is 10.2 Å². The van der Waals surface area contributed by atoms with E-state index in [-0.39, 0.29) is 0 Å². The Kier molecular flexibility index (Phi) is 4.53. The van der Waals surface area contributed by atoms with Gasteiger partial charge in [-0.2, -0.15) is 0 Å². The summed E-state index contributed by atoms with van der Waals surface area (Å²) in [5, 5.41) is 4.83. The van der Waals surface area contributed by atoms with Crippen molar-refractivity contribution in [1.29, 1.82) is 0 Å². The van der Waals surface area contributed by atoms with Crippen molar-refractivity contribution in [3.63, 3.8) is 0 Å². The van der Waals surface area contributed by atoms with Crippen LogP contribution >= 0.6 is 11.8 Å². The summed E-state index contributed by atoms with van der Waals surface area (Å²) in [6.45, 7) is 4.66. The summed E-state index contributed by atoms with van der Waals surface area (Å²) in [4.78, 5) is 7.17. The molecule has 0 spiro atoms. The summed E-state index contributed by atoms with van der Waals surface area (Å²) in [7, 11) is 2.20. The minimum absolute atomic E-state index is 0.565. The first kappa shape index (κ1) is 12.2. The van der Waals surface area contributed by atoms with E-state index in [2.05, 4.69) is 24.2 Å². The molecule has 0 aromatic heterocycles. The van der Waals surface area contributed by atoms with Gasteiger partial charge in [0.1, 0.15) is 0 Å². The highest BCUT2D eigenvalue weighted by Gasteiger charge is 2.20. The van der Waals surface area contributed by atoms with Gasteiger partial charge in [-0.25, -0.2) is 0 Å². The van der Waals surface area contributed by atoms with E-state index in [9.17, 15) is 0 Å². The molecule has 1 fully saturated rings. The number of likely N-dealkylation sites (tertiary alicyclic amines) is 1. The van der Waals surface area contributed by atoms with Crippen LogP contribution in [0.15, 0.2) is 4.99 Å². The quantitative estimate of drug-likeness (QED) is 0.801. The molecule has 0 aromatic rings. The second-order valence-corrected chi connectivity index (χ2v) is 5.94.